The average Bonchev–Trinajstić information content (AvgIpc) is 2.33. The Morgan fingerprint density at radius 3 is 2.50 bits per heavy atom. The van der Waals surface area contributed by atoms with Gasteiger partial charge in [-0.25, -0.2) is 4.39 Å². The van der Waals surface area contributed by atoms with Crippen LogP contribution in [0.25, 0.3) is 0 Å². The van der Waals surface area contributed by atoms with Gasteiger partial charge in [0, 0.05) is 12.5 Å². The van der Waals surface area contributed by atoms with Crippen molar-refractivity contribution < 1.29 is 17.6 Å². The zero-order chi connectivity index (χ0) is 15.2. The lowest BCUT2D eigenvalue weighted by Gasteiger charge is -2.21. The second-order valence-corrected chi connectivity index (χ2v) is 5.02. The van der Waals surface area contributed by atoms with E-state index in [1.165, 1.54) is 12.1 Å². The van der Waals surface area contributed by atoms with E-state index in [1.807, 2.05) is 6.92 Å². The Labute approximate surface area is 117 Å². The van der Waals surface area contributed by atoms with Gasteiger partial charge in [0.2, 0.25) is 0 Å². The molecule has 1 atom stereocenters. The van der Waals surface area contributed by atoms with Gasteiger partial charge >= 0.3 is 6.18 Å². The second kappa shape index (κ2) is 7.62. The normalized spacial score (nSPS) is 13.5. The van der Waals surface area contributed by atoms with E-state index in [9.17, 15) is 17.6 Å². The zero-order valence-corrected chi connectivity index (χ0v) is 11.9. The van der Waals surface area contributed by atoms with Crippen molar-refractivity contribution in [3.63, 3.8) is 0 Å². The number of aryl methyl sites for hydroxylation is 1. The Kier molecular flexibility index (Phi) is 6.46. The van der Waals surface area contributed by atoms with E-state index in [-0.39, 0.29) is 18.3 Å². The minimum Gasteiger partial charge on any atom is -0.310 e. The van der Waals surface area contributed by atoms with Crippen LogP contribution in [0.5, 0.6) is 0 Å². The SMILES string of the molecule is CCCNC(CCCC(F)(F)F)c1ccc(F)cc1C. The van der Waals surface area contributed by atoms with E-state index in [4.69, 9.17) is 0 Å². The maximum atomic E-state index is 13.1. The number of hydrogen-bond acceptors (Lipinski definition) is 1. The minimum atomic E-state index is -4.12. The summed E-state index contributed by atoms with van der Waals surface area (Å²) in [5, 5.41) is 3.24. The van der Waals surface area contributed by atoms with Crippen LogP contribution in [-0.2, 0) is 0 Å². The highest BCUT2D eigenvalue weighted by Gasteiger charge is 2.27. The third kappa shape index (κ3) is 5.90. The fourth-order valence-electron chi connectivity index (χ4n) is 2.22. The van der Waals surface area contributed by atoms with Crippen LogP contribution in [0.15, 0.2) is 18.2 Å². The summed E-state index contributed by atoms with van der Waals surface area (Å²) < 4.78 is 49.8. The van der Waals surface area contributed by atoms with E-state index < -0.39 is 12.6 Å². The number of halogens is 4. The fourth-order valence-corrected chi connectivity index (χ4v) is 2.22. The van der Waals surface area contributed by atoms with Crippen LogP contribution in [0.3, 0.4) is 0 Å². The van der Waals surface area contributed by atoms with Crippen LogP contribution in [0.2, 0.25) is 0 Å². The lowest BCUT2D eigenvalue weighted by Crippen LogP contribution is -2.23. The standard InChI is InChI=1S/C15H21F4N/c1-3-9-20-14(5-4-8-15(17,18)19)13-7-6-12(16)10-11(13)2/h6-7,10,14,20H,3-5,8-9H2,1-2H3. The van der Waals surface area contributed by atoms with Gasteiger partial charge in [-0.1, -0.05) is 13.0 Å². The highest BCUT2D eigenvalue weighted by Crippen LogP contribution is 2.28. The van der Waals surface area contributed by atoms with E-state index >= 15 is 0 Å². The molecule has 0 amide bonds. The lowest BCUT2D eigenvalue weighted by molar-refractivity contribution is -0.135. The van der Waals surface area contributed by atoms with Crippen LogP contribution < -0.4 is 5.32 Å². The molecule has 1 N–H and O–H groups in total. The molecule has 0 radical (unpaired) electrons. The van der Waals surface area contributed by atoms with Crippen molar-refractivity contribution in [2.45, 2.75) is 51.7 Å². The summed E-state index contributed by atoms with van der Waals surface area (Å²) >= 11 is 0. The molecule has 1 aromatic carbocycles. The van der Waals surface area contributed by atoms with E-state index in [2.05, 4.69) is 5.32 Å². The molecule has 1 aromatic rings. The molecule has 0 aromatic heterocycles. The van der Waals surface area contributed by atoms with Crippen LogP contribution in [-0.4, -0.2) is 12.7 Å². The number of hydrogen-bond donors (Lipinski definition) is 1. The first kappa shape index (κ1) is 17.0. The summed E-state index contributed by atoms with van der Waals surface area (Å²) in [7, 11) is 0. The first-order valence-corrected chi connectivity index (χ1v) is 6.89. The van der Waals surface area contributed by atoms with Gasteiger partial charge < -0.3 is 5.32 Å². The molecule has 114 valence electrons. The number of alkyl halides is 3. The third-order valence-corrected chi connectivity index (χ3v) is 3.20. The molecular formula is C15H21F4N. The predicted octanol–water partition coefficient (Wildman–Crippen LogP) is 4.91. The molecule has 0 aliphatic rings. The Morgan fingerprint density at radius 1 is 1.25 bits per heavy atom. The topological polar surface area (TPSA) is 12.0 Å². The largest absolute Gasteiger partial charge is 0.389 e. The summed E-state index contributed by atoms with van der Waals surface area (Å²) in [5.41, 5.74) is 1.65. The van der Waals surface area contributed by atoms with Crippen molar-refractivity contribution in [2.24, 2.45) is 0 Å². The van der Waals surface area contributed by atoms with E-state index in [1.54, 1.807) is 13.0 Å². The second-order valence-electron chi connectivity index (χ2n) is 5.02. The van der Waals surface area contributed by atoms with Gasteiger partial charge in [-0.05, 0) is 56.0 Å². The maximum absolute atomic E-state index is 13.1. The molecule has 1 nitrogen and oxygen atoms in total. The van der Waals surface area contributed by atoms with E-state index in [0.29, 0.717) is 6.42 Å². The summed E-state index contributed by atoms with van der Waals surface area (Å²) in [5.74, 6) is -0.323. The van der Waals surface area contributed by atoms with Gasteiger partial charge in [0.1, 0.15) is 5.82 Å². The molecule has 1 rings (SSSR count). The van der Waals surface area contributed by atoms with Crippen molar-refractivity contribution in [2.75, 3.05) is 6.54 Å². The van der Waals surface area contributed by atoms with Gasteiger partial charge in [-0.15, -0.1) is 0 Å². The molecule has 0 aliphatic carbocycles. The number of nitrogens with one attached hydrogen (secondary N) is 1. The van der Waals surface area contributed by atoms with Crippen molar-refractivity contribution in [1.82, 2.24) is 5.32 Å². The van der Waals surface area contributed by atoms with Crippen molar-refractivity contribution in [3.8, 4) is 0 Å². The minimum absolute atomic E-state index is 0.0711. The van der Waals surface area contributed by atoms with Crippen LogP contribution in [0, 0.1) is 12.7 Å². The van der Waals surface area contributed by atoms with Crippen molar-refractivity contribution >= 4 is 0 Å². The Balaban J connectivity index is 2.72. The molecule has 0 aliphatic heterocycles. The molecule has 0 spiro atoms. The van der Waals surface area contributed by atoms with Gasteiger partial charge in [-0.2, -0.15) is 13.2 Å². The van der Waals surface area contributed by atoms with Gasteiger partial charge in [0.05, 0.1) is 0 Å². The van der Waals surface area contributed by atoms with E-state index in [0.717, 1.165) is 24.1 Å². The molecule has 0 saturated carbocycles. The quantitative estimate of drug-likeness (QED) is 0.704. The highest BCUT2D eigenvalue weighted by atomic mass is 19.4. The number of rotatable bonds is 7. The average molecular weight is 291 g/mol. The molecule has 0 bridgehead atoms. The van der Waals surface area contributed by atoms with Crippen LogP contribution >= 0.6 is 0 Å². The highest BCUT2D eigenvalue weighted by molar-refractivity contribution is 5.29. The molecule has 0 fully saturated rings. The number of benzene rings is 1. The molecule has 0 saturated heterocycles. The van der Waals surface area contributed by atoms with Crippen LogP contribution in [0.4, 0.5) is 17.6 Å². The molecule has 5 heteroatoms. The van der Waals surface area contributed by atoms with Gasteiger partial charge in [-0.3, -0.25) is 0 Å². The van der Waals surface area contributed by atoms with Gasteiger partial charge in [0.25, 0.3) is 0 Å². The Bertz CT molecular complexity index is 415. The summed E-state index contributed by atoms with van der Waals surface area (Å²) in [6.07, 6.45) is -3.53. The fraction of sp³-hybridized carbons (Fsp3) is 0.600. The molecule has 20 heavy (non-hydrogen) atoms. The first-order valence-electron chi connectivity index (χ1n) is 6.89. The van der Waals surface area contributed by atoms with Gasteiger partial charge in [0.15, 0.2) is 0 Å². The monoisotopic (exact) mass is 291 g/mol. The molecular weight excluding hydrogens is 270 g/mol. The van der Waals surface area contributed by atoms with Crippen molar-refractivity contribution in [1.29, 1.82) is 0 Å². The smallest absolute Gasteiger partial charge is 0.310 e. The first-order chi connectivity index (χ1) is 9.33. The van der Waals surface area contributed by atoms with Crippen LogP contribution in [0.1, 0.15) is 49.8 Å². The lowest BCUT2D eigenvalue weighted by atomic mass is 9.96. The summed E-state index contributed by atoms with van der Waals surface area (Å²) in [6, 6.07) is 4.27. The Morgan fingerprint density at radius 2 is 1.95 bits per heavy atom. The Hall–Kier alpha value is -1.10. The maximum Gasteiger partial charge on any atom is 0.389 e. The summed E-state index contributed by atoms with van der Waals surface area (Å²) in [6.45, 7) is 4.51. The zero-order valence-electron chi connectivity index (χ0n) is 11.9. The molecule has 1 unspecified atom stereocenters. The predicted molar refractivity (Wildman–Crippen MR) is 72.1 cm³/mol. The van der Waals surface area contributed by atoms with Crippen molar-refractivity contribution in [3.05, 3.63) is 35.1 Å². The third-order valence-electron chi connectivity index (χ3n) is 3.20. The summed E-state index contributed by atoms with van der Waals surface area (Å²) in [4.78, 5) is 0. The molecule has 0 heterocycles.